The van der Waals surface area contributed by atoms with E-state index >= 15 is 0 Å². The second-order valence-electron chi connectivity index (χ2n) is 3.26. The van der Waals surface area contributed by atoms with Crippen LogP contribution in [-0.2, 0) is 14.4 Å². The molecule has 1 aliphatic rings. The van der Waals surface area contributed by atoms with Crippen LogP contribution < -0.4 is 5.32 Å². The molecule has 16 heavy (non-hydrogen) atoms. The van der Waals surface area contributed by atoms with Crippen LogP contribution in [0.3, 0.4) is 0 Å². The van der Waals surface area contributed by atoms with E-state index < -0.39 is 5.91 Å². The van der Waals surface area contributed by atoms with Crippen molar-refractivity contribution in [2.45, 2.75) is 12.8 Å². The summed E-state index contributed by atoms with van der Waals surface area (Å²) in [6.07, 6.45) is 1.59. The third kappa shape index (κ3) is 2.05. The number of hydrogen-bond acceptors (Lipinski definition) is 5. The normalized spacial score (nSPS) is 15.6. The first-order valence-electron chi connectivity index (χ1n) is 4.65. The highest BCUT2D eigenvalue weighted by molar-refractivity contribution is 6.05. The summed E-state index contributed by atoms with van der Waals surface area (Å²) in [6.45, 7) is -0.279. The highest BCUT2D eigenvalue weighted by Crippen LogP contribution is 2.11. The van der Waals surface area contributed by atoms with Gasteiger partial charge in [-0.2, -0.15) is 10.1 Å². The van der Waals surface area contributed by atoms with Crippen molar-refractivity contribution in [1.29, 1.82) is 0 Å². The predicted octanol–water partition coefficient (Wildman–Crippen LogP) is -1.11. The molecule has 2 N–H and O–H groups in total. The van der Waals surface area contributed by atoms with Crippen molar-refractivity contribution < 1.29 is 14.4 Å². The van der Waals surface area contributed by atoms with Crippen molar-refractivity contribution in [1.82, 2.24) is 20.1 Å². The van der Waals surface area contributed by atoms with Gasteiger partial charge in [0.25, 0.3) is 0 Å². The summed E-state index contributed by atoms with van der Waals surface area (Å²) in [5.41, 5.74) is 0. The van der Waals surface area contributed by atoms with Crippen molar-refractivity contribution in [2.75, 3.05) is 11.9 Å². The SMILES string of the molecule is O=C(CN1C(=O)CCC1=O)Nc1ncn[nH]1. The number of H-pyrrole nitrogens is 1. The smallest absolute Gasteiger partial charge is 0.246 e. The van der Waals surface area contributed by atoms with E-state index in [1.54, 1.807) is 0 Å². The average Bonchev–Trinajstić information content (AvgIpc) is 2.83. The average molecular weight is 223 g/mol. The largest absolute Gasteiger partial charge is 0.293 e. The molecule has 0 spiro atoms. The van der Waals surface area contributed by atoms with Gasteiger partial charge in [-0.05, 0) is 0 Å². The zero-order valence-electron chi connectivity index (χ0n) is 8.27. The molecule has 0 bridgehead atoms. The first-order valence-corrected chi connectivity index (χ1v) is 4.65. The minimum Gasteiger partial charge on any atom is -0.293 e. The third-order valence-electron chi connectivity index (χ3n) is 2.13. The van der Waals surface area contributed by atoms with Crippen molar-refractivity contribution in [2.24, 2.45) is 0 Å². The molecule has 0 aliphatic carbocycles. The monoisotopic (exact) mass is 223 g/mol. The molecule has 84 valence electrons. The lowest BCUT2D eigenvalue weighted by molar-refractivity contribution is -0.141. The Balaban J connectivity index is 1.92. The molecule has 1 aliphatic heterocycles. The summed E-state index contributed by atoms with van der Waals surface area (Å²) in [4.78, 5) is 38.5. The van der Waals surface area contributed by atoms with Crippen LogP contribution in [0, 0.1) is 0 Å². The Hall–Kier alpha value is -2.25. The second kappa shape index (κ2) is 4.09. The molecule has 1 fully saturated rings. The number of rotatable bonds is 3. The topological polar surface area (TPSA) is 108 Å². The van der Waals surface area contributed by atoms with Gasteiger partial charge in [0.05, 0.1) is 0 Å². The molecule has 0 saturated carbocycles. The van der Waals surface area contributed by atoms with E-state index in [9.17, 15) is 14.4 Å². The number of nitrogens with one attached hydrogen (secondary N) is 2. The summed E-state index contributed by atoms with van der Waals surface area (Å²) in [7, 11) is 0. The number of nitrogens with zero attached hydrogens (tertiary/aromatic N) is 3. The number of aromatic nitrogens is 3. The van der Waals surface area contributed by atoms with E-state index in [0.29, 0.717) is 0 Å². The lowest BCUT2D eigenvalue weighted by atomic mass is 10.4. The van der Waals surface area contributed by atoms with Crippen molar-refractivity contribution in [3.8, 4) is 0 Å². The number of anilines is 1. The van der Waals surface area contributed by atoms with Crippen LogP contribution in [0.4, 0.5) is 5.95 Å². The molecule has 1 aromatic heterocycles. The quantitative estimate of drug-likeness (QED) is 0.632. The summed E-state index contributed by atoms with van der Waals surface area (Å²) < 4.78 is 0. The van der Waals surface area contributed by atoms with Gasteiger partial charge in [0, 0.05) is 12.8 Å². The van der Waals surface area contributed by atoms with E-state index in [1.165, 1.54) is 6.33 Å². The van der Waals surface area contributed by atoms with Gasteiger partial charge in [-0.15, -0.1) is 0 Å². The lowest BCUT2D eigenvalue weighted by Gasteiger charge is -2.12. The molecule has 2 heterocycles. The van der Waals surface area contributed by atoms with Crippen molar-refractivity contribution >= 4 is 23.7 Å². The molecule has 8 nitrogen and oxygen atoms in total. The van der Waals surface area contributed by atoms with Crippen LogP contribution in [0.15, 0.2) is 6.33 Å². The van der Waals surface area contributed by atoms with Crippen LogP contribution >= 0.6 is 0 Å². The fourth-order valence-corrected chi connectivity index (χ4v) is 1.38. The summed E-state index contributed by atoms with van der Waals surface area (Å²) in [6, 6.07) is 0. The van der Waals surface area contributed by atoms with Crippen molar-refractivity contribution in [3.05, 3.63) is 6.33 Å². The van der Waals surface area contributed by atoms with Crippen LogP contribution in [-0.4, -0.2) is 44.3 Å². The molecule has 8 heteroatoms. The minimum absolute atomic E-state index is 0.175. The van der Waals surface area contributed by atoms with Crippen LogP contribution in [0.1, 0.15) is 12.8 Å². The van der Waals surface area contributed by atoms with Gasteiger partial charge in [-0.3, -0.25) is 24.6 Å². The Kier molecular flexibility index (Phi) is 2.63. The molecule has 0 unspecified atom stereocenters. The summed E-state index contributed by atoms with van der Waals surface area (Å²) in [5.74, 6) is -0.945. The summed E-state index contributed by atoms with van der Waals surface area (Å²) in [5, 5.41) is 8.35. The Labute approximate surface area is 90.0 Å². The number of carbonyl (C=O) groups excluding carboxylic acids is 3. The van der Waals surface area contributed by atoms with Crippen LogP contribution in [0.2, 0.25) is 0 Å². The zero-order chi connectivity index (χ0) is 11.5. The molecule has 1 saturated heterocycles. The summed E-state index contributed by atoms with van der Waals surface area (Å²) >= 11 is 0. The molecular weight excluding hydrogens is 214 g/mol. The number of carbonyl (C=O) groups is 3. The van der Waals surface area contributed by atoms with Gasteiger partial charge in [0.15, 0.2) is 0 Å². The molecule has 2 rings (SSSR count). The Morgan fingerprint density at radius 3 is 2.69 bits per heavy atom. The maximum absolute atomic E-state index is 11.4. The fourth-order valence-electron chi connectivity index (χ4n) is 1.38. The zero-order valence-corrected chi connectivity index (χ0v) is 8.27. The van der Waals surface area contributed by atoms with E-state index in [0.717, 1.165) is 4.90 Å². The van der Waals surface area contributed by atoms with Gasteiger partial charge in [0.1, 0.15) is 12.9 Å². The highest BCUT2D eigenvalue weighted by Gasteiger charge is 2.30. The van der Waals surface area contributed by atoms with E-state index in [-0.39, 0.29) is 37.1 Å². The van der Waals surface area contributed by atoms with Gasteiger partial charge in [-0.1, -0.05) is 0 Å². The number of hydrogen-bond donors (Lipinski definition) is 2. The second-order valence-corrected chi connectivity index (χ2v) is 3.26. The van der Waals surface area contributed by atoms with Crippen LogP contribution in [0.25, 0.3) is 0 Å². The number of aromatic amines is 1. The Morgan fingerprint density at radius 2 is 2.12 bits per heavy atom. The number of imide groups is 1. The molecule has 1 aromatic rings. The standard InChI is InChI=1S/C8H9N5O3/c14-5(11-8-9-4-10-12-8)3-13-6(15)1-2-7(13)16/h4H,1-3H2,(H2,9,10,11,12,14). The third-order valence-corrected chi connectivity index (χ3v) is 2.13. The molecule has 3 amide bonds. The maximum atomic E-state index is 11.4. The van der Waals surface area contributed by atoms with E-state index in [4.69, 9.17) is 0 Å². The number of amides is 3. The van der Waals surface area contributed by atoms with Gasteiger partial charge in [0.2, 0.25) is 23.7 Å². The van der Waals surface area contributed by atoms with Gasteiger partial charge >= 0.3 is 0 Å². The molecular formula is C8H9N5O3. The van der Waals surface area contributed by atoms with Crippen LogP contribution in [0.5, 0.6) is 0 Å². The lowest BCUT2D eigenvalue weighted by Crippen LogP contribution is -2.37. The highest BCUT2D eigenvalue weighted by atomic mass is 16.2. The maximum Gasteiger partial charge on any atom is 0.246 e. The van der Waals surface area contributed by atoms with Gasteiger partial charge < -0.3 is 0 Å². The van der Waals surface area contributed by atoms with E-state index in [1.807, 2.05) is 0 Å². The predicted molar refractivity (Wildman–Crippen MR) is 51.0 cm³/mol. The van der Waals surface area contributed by atoms with Gasteiger partial charge in [-0.25, -0.2) is 5.10 Å². The number of likely N-dealkylation sites (tertiary alicyclic amines) is 1. The molecule has 0 atom stereocenters. The fraction of sp³-hybridized carbons (Fsp3) is 0.375. The first-order chi connectivity index (χ1) is 7.66. The van der Waals surface area contributed by atoms with E-state index in [2.05, 4.69) is 20.5 Å². The molecule has 0 radical (unpaired) electrons. The Morgan fingerprint density at radius 1 is 1.44 bits per heavy atom. The molecule has 0 aromatic carbocycles. The van der Waals surface area contributed by atoms with Crippen molar-refractivity contribution in [3.63, 3.8) is 0 Å². The Bertz CT molecular complexity index is 411. The minimum atomic E-state index is -0.486. The first kappa shape index (κ1) is 10.3.